The summed E-state index contributed by atoms with van der Waals surface area (Å²) in [4.78, 5) is 13.9. The maximum Gasteiger partial charge on any atom is 0.233 e. The molecule has 1 aromatic rings. The Hall–Kier alpha value is -1.40. The van der Waals surface area contributed by atoms with E-state index in [4.69, 9.17) is 0 Å². The molecular formula is C20H30N2O3S. The van der Waals surface area contributed by atoms with Crippen LogP contribution in [0, 0.1) is 11.8 Å². The zero-order valence-corrected chi connectivity index (χ0v) is 16.4. The number of benzene rings is 1. The van der Waals surface area contributed by atoms with Crippen molar-refractivity contribution in [1.82, 2.24) is 9.62 Å². The zero-order chi connectivity index (χ0) is 18.6. The molecule has 1 saturated heterocycles. The van der Waals surface area contributed by atoms with Gasteiger partial charge in [0.1, 0.15) is 0 Å². The first-order chi connectivity index (χ1) is 12.4. The topological polar surface area (TPSA) is 66.5 Å². The van der Waals surface area contributed by atoms with Crippen molar-refractivity contribution >= 4 is 15.9 Å². The van der Waals surface area contributed by atoms with E-state index in [-0.39, 0.29) is 6.42 Å². The number of carbonyl (C=O) groups is 1. The van der Waals surface area contributed by atoms with Crippen molar-refractivity contribution in [2.45, 2.75) is 44.4 Å². The number of amides is 1. The molecule has 0 spiro atoms. The number of rotatable bonds is 8. The number of nitrogens with one attached hydrogen (secondary N) is 1. The molecule has 1 N–H and O–H groups in total. The van der Waals surface area contributed by atoms with Crippen molar-refractivity contribution in [2.75, 3.05) is 25.9 Å². The minimum absolute atomic E-state index is 0.272. The largest absolute Gasteiger partial charge is 0.303 e. The summed E-state index contributed by atoms with van der Waals surface area (Å²) in [6, 6.07) is 10.9. The lowest BCUT2D eigenvalue weighted by atomic mass is 9.90. The summed E-state index contributed by atoms with van der Waals surface area (Å²) in [5.41, 5.74) is 1.50. The van der Waals surface area contributed by atoms with E-state index in [1.54, 1.807) is 0 Å². The van der Waals surface area contributed by atoms with E-state index in [1.165, 1.54) is 31.2 Å². The summed E-state index contributed by atoms with van der Waals surface area (Å²) in [7, 11) is -3.43. The number of likely N-dealkylation sites (tertiary alicyclic amines) is 1. The first-order valence-corrected chi connectivity index (χ1v) is 11.6. The van der Waals surface area contributed by atoms with Crippen molar-refractivity contribution in [2.24, 2.45) is 11.8 Å². The molecule has 3 rings (SSSR count). The smallest absolute Gasteiger partial charge is 0.233 e. The standard InChI is InChI=1S/C20H30N2O3S/c1-26(24,25)21-20(23)8-5-11-22-12-9-16(10-13-22)14-18-15-19(18)17-6-3-2-4-7-17/h2-4,6-7,16,18-19H,5,8-15H2,1H3,(H,21,23)/t18-,19+/m1/s1. The minimum Gasteiger partial charge on any atom is -0.303 e. The maximum atomic E-state index is 11.5. The molecule has 1 heterocycles. The average Bonchev–Trinajstić information content (AvgIpc) is 3.35. The van der Waals surface area contributed by atoms with Crippen molar-refractivity contribution in [3.8, 4) is 0 Å². The predicted molar refractivity (Wildman–Crippen MR) is 103 cm³/mol. The fourth-order valence-corrected chi connectivity index (χ4v) is 4.73. The fourth-order valence-electron chi connectivity index (χ4n) is 4.21. The Bertz CT molecular complexity index is 697. The summed E-state index contributed by atoms with van der Waals surface area (Å²) < 4.78 is 24.0. The molecule has 1 saturated carbocycles. The molecule has 1 aromatic carbocycles. The van der Waals surface area contributed by atoms with Gasteiger partial charge in [-0.3, -0.25) is 9.52 Å². The van der Waals surface area contributed by atoms with Gasteiger partial charge in [0, 0.05) is 6.42 Å². The molecule has 6 heteroatoms. The molecule has 0 bridgehead atoms. The van der Waals surface area contributed by atoms with Crippen LogP contribution in [0.2, 0.25) is 0 Å². The van der Waals surface area contributed by atoms with Gasteiger partial charge in [-0.15, -0.1) is 0 Å². The lowest BCUT2D eigenvalue weighted by Crippen LogP contribution is -2.35. The van der Waals surface area contributed by atoms with Gasteiger partial charge in [0.2, 0.25) is 15.9 Å². The van der Waals surface area contributed by atoms with E-state index in [9.17, 15) is 13.2 Å². The second-order valence-electron chi connectivity index (χ2n) is 7.93. The summed E-state index contributed by atoms with van der Waals surface area (Å²) in [5.74, 6) is 2.08. The van der Waals surface area contributed by atoms with E-state index in [2.05, 4.69) is 35.2 Å². The van der Waals surface area contributed by atoms with Crippen LogP contribution in [0.1, 0.15) is 50.0 Å². The van der Waals surface area contributed by atoms with Crippen molar-refractivity contribution in [3.05, 3.63) is 35.9 Å². The van der Waals surface area contributed by atoms with Crippen LogP contribution in [0.4, 0.5) is 0 Å². The minimum atomic E-state index is -3.43. The van der Waals surface area contributed by atoms with Crippen LogP contribution in [-0.2, 0) is 14.8 Å². The first-order valence-electron chi connectivity index (χ1n) is 9.68. The highest BCUT2D eigenvalue weighted by Crippen LogP contribution is 2.51. The highest BCUT2D eigenvalue weighted by molar-refractivity contribution is 7.89. The molecular weight excluding hydrogens is 348 g/mol. The zero-order valence-electron chi connectivity index (χ0n) is 15.6. The third-order valence-corrected chi connectivity index (χ3v) is 6.27. The van der Waals surface area contributed by atoms with Crippen LogP contribution in [0.5, 0.6) is 0 Å². The van der Waals surface area contributed by atoms with Crippen LogP contribution in [0.3, 0.4) is 0 Å². The van der Waals surface area contributed by atoms with Gasteiger partial charge >= 0.3 is 0 Å². The van der Waals surface area contributed by atoms with E-state index in [0.717, 1.165) is 43.6 Å². The second-order valence-corrected chi connectivity index (χ2v) is 9.68. The van der Waals surface area contributed by atoms with Gasteiger partial charge in [0.15, 0.2) is 0 Å². The third kappa shape index (κ3) is 6.09. The SMILES string of the molecule is CS(=O)(=O)NC(=O)CCCN1CCC(C[C@@H]2C[C@H]2c2ccccc2)CC1. The van der Waals surface area contributed by atoms with Crippen LogP contribution in [0.25, 0.3) is 0 Å². The van der Waals surface area contributed by atoms with Gasteiger partial charge in [-0.2, -0.15) is 0 Å². The van der Waals surface area contributed by atoms with Crippen LogP contribution in [-0.4, -0.2) is 45.1 Å². The van der Waals surface area contributed by atoms with Gasteiger partial charge in [0.25, 0.3) is 0 Å². The highest BCUT2D eigenvalue weighted by Gasteiger charge is 2.39. The molecule has 0 radical (unpaired) electrons. The molecule has 1 aliphatic carbocycles. The Morgan fingerprint density at radius 1 is 1.19 bits per heavy atom. The molecule has 144 valence electrons. The highest BCUT2D eigenvalue weighted by atomic mass is 32.2. The quantitative estimate of drug-likeness (QED) is 0.755. The molecule has 2 fully saturated rings. The fraction of sp³-hybridized carbons (Fsp3) is 0.650. The van der Waals surface area contributed by atoms with Gasteiger partial charge < -0.3 is 4.90 Å². The average molecular weight is 379 g/mol. The molecule has 2 atom stereocenters. The summed E-state index contributed by atoms with van der Waals surface area (Å²) in [5, 5.41) is 0. The summed E-state index contributed by atoms with van der Waals surface area (Å²) in [6.45, 7) is 3.07. The Morgan fingerprint density at radius 2 is 1.88 bits per heavy atom. The van der Waals surface area contributed by atoms with Gasteiger partial charge in [0.05, 0.1) is 6.26 Å². The number of sulfonamides is 1. The van der Waals surface area contributed by atoms with E-state index >= 15 is 0 Å². The lowest BCUT2D eigenvalue weighted by molar-refractivity contribution is -0.119. The van der Waals surface area contributed by atoms with E-state index in [1.807, 2.05) is 4.72 Å². The van der Waals surface area contributed by atoms with Crippen molar-refractivity contribution in [1.29, 1.82) is 0 Å². The van der Waals surface area contributed by atoms with E-state index < -0.39 is 15.9 Å². The Morgan fingerprint density at radius 3 is 2.54 bits per heavy atom. The molecule has 0 aromatic heterocycles. The van der Waals surface area contributed by atoms with Gasteiger partial charge in [-0.05, 0) is 75.1 Å². The molecule has 0 unspecified atom stereocenters. The van der Waals surface area contributed by atoms with Gasteiger partial charge in [-0.25, -0.2) is 8.42 Å². The first kappa shape index (κ1) is 19.4. The van der Waals surface area contributed by atoms with Gasteiger partial charge in [-0.1, -0.05) is 30.3 Å². The number of carbonyl (C=O) groups excluding carboxylic acids is 1. The Balaban J connectivity index is 1.30. The third-order valence-electron chi connectivity index (χ3n) is 5.67. The lowest BCUT2D eigenvalue weighted by Gasteiger charge is -2.32. The molecule has 1 amide bonds. The predicted octanol–water partition coefficient (Wildman–Crippen LogP) is 2.75. The Kier molecular flexibility index (Phi) is 6.35. The molecule has 5 nitrogen and oxygen atoms in total. The molecule has 26 heavy (non-hydrogen) atoms. The Labute approximate surface area is 157 Å². The molecule has 1 aliphatic heterocycles. The number of piperidine rings is 1. The number of hydrogen-bond donors (Lipinski definition) is 1. The van der Waals surface area contributed by atoms with E-state index in [0.29, 0.717) is 6.42 Å². The normalized spacial score (nSPS) is 24.3. The van der Waals surface area contributed by atoms with Crippen LogP contribution >= 0.6 is 0 Å². The van der Waals surface area contributed by atoms with Crippen LogP contribution < -0.4 is 4.72 Å². The monoisotopic (exact) mass is 378 g/mol. The summed E-state index contributed by atoms with van der Waals surface area (Å²) in [6.07, 6.45) is 7.18. The van der Waals surface area contributed by atoms with Crippen molar-refractivity contribution < 1.29 is 13.2 Å². The number of hydrogen-bond acceptors (Lipinski definition) is 4. The maximum absolute atomic E-state index is 11.5. The second kappa shape index (κ2) is 8.53. The molecule has 2 aliphatic rings. The number of nitrogens with zero attached hydrogens (tertiary/aromatic N) is 1. The van der Waals surface area contributed by atoms with Crippen LogP contribution in [0.15, 0.2) is 30.3 Å². The van der Waals surface area contributed by atoms with Crippen molar-refractivity contribution in [3.63, 3.8) is 0 Å². The summed E-state index contributed by atoms with van der Waals surface area (Å²) >= 11 is 0.